The average Bonchev–Trinajstić information content (AvgIpc) is 2.68. The maximum Gasteiger partial charge on any atom is 0.143 e. The molecule has 0 fully saturated rings. The first-order chi connectivity index (χ1) is 9.11. The lowest BCUT2D eigenvalue weighted by Crippen LogP contribution is -1.99. The first-order valence-corrected chi connectivity index (χ1v) is 7.02. The van der Waals surface area contributed by atoms with Gasteiger partial charge in [-0.1, -0.05) is 37.1 Å². The molecule has 1 N–H and O–H groups in total. The lowest BCUT2D eigenvalue weighted by Gasteiger charge is -2.09. The van der Waals surface area contributed by atoms with Gasteiger partial charge in [-0.15, -0.1) is 0 Å². The fourth-order valence-electron chi connectivity index (χ4n) is 2.46. The molecule has 0 aliphatic rings. The molecule has 1 aromatic heterocycles. The van der Waals surface area contributed by atoms with Gasteiger partial charge in [0.25, 0.3) is 0 Å². The van der Waals surface area contributed by atoms with Crippen LogP contribution in [0.1, 0.15) is 38.4 Å². The number of ether oxygens (including phenoxy) is 1. The number of halogens is 1. The molecule has 0 saturated heterocycles. The van der Waals surface area contributed by atoms with Crippen molar-refractivity contribution in [2.24, 2.45) is 0 Å². The second-order valence-corrected chi connectivity index (χ2v) is 5.10. The highest BCUT2D eigenvalue weighted by atomic mass is 35.5. The normalized spacial score (nSPS) is 12.9. The van der Waals surface area contributed by atoms with E-state index in [1.807, 2.05) is 22.8 Å². The minimum Gasteiger partial charge on any atom is -0.495 e. The van der Waals surface area contributed by atoms with Crippen LogP contribution < -0.4 is 4.74 Å². The maximum atomic E-state index is 9.97. The summed E-state index contributed by atoms with van der Waals surface area (Å²) in [5.74, 6) is 0.794. The summed E-state index contributed by atoms with van der Waals surface area (Å²) in [5, 5.41) is 11.5. The fraction of sp³-hybridized carbons (Fsp3) is 0.467. The molecule has 1 heterocycles. The first-order valence-electron chi connectivity index (χ1n) is 6.64. The Morgan fingerprint density at radius 2 is 2.16 bits per heavy atom. The summed E-state index contributed by atoms with van der Waals surface area (Å²) >= 11 is 6.46. The number of aliphatic hydroxyl groups excluding tert-OH is 1. The number of hydrogen-bond acceptors (Lipinski definition) is 2. The molecule has 0 spiro atoms. The van der Waals surface area contributed by atoms with Gasteiger partial charge in [-0.2, -0.15) is 0 Å². The van der Waals surface area contributed by atoms with E-state index in [9.17, 15) is 5.11 Å². The molecule has 2 aromatic rings. The van der Waals surface area contributed by atoms with E-state index in [1.54, 1.807) is 14.0 Å². The van der Waals surface area contributed by atoms with Gasteiger partial charge in [-0.05, 0) is 19.4 Å². The van der Waals surface area contributed by atoms with Crippen LogP contribution >= 0.6 is 11.6 Å². The zero-order valence-corrected chi connectivity index (χ0v) is 12.4. The van der Waals surface area contributed by atoms with Crippen LogP contribution in [0, 0.1) is 0 Å². The number of aryl methyl sites for hydroxylation is 1. The van der Waals surface area contributed by atoms with E-state index in [-0.39, 0.29) is 0 Å². The van der Waals surface area contributed by atoms with E-state index in [0.29, 0.717) is 5.15 Å². The van der Waals surface area contributed by atoms with Crippen LogP contribution in [0.2, 0.25) is 5.15 Å². The van der Waals surface area contributed by atoms with Crippen LogP contribution in [0.3, 0.4) is 0 Å². The largest absolute Gasteiger partial charge is 0.495 e. The predicted molar refractivity (Wildman–Crippen MR) is 79.0 cm³/mol. The van der Waals surface area contributed by atoms with Gasteiger partial charge in [0.15, 0.2) is 0 Å². The van der Waals surface area contributed by atoms with E-state index in [4.69, 9.17) is 16.3 Å². The topological polar surface area (TPSA) is 34.4 Å². The number of methoxy groups -OCH3 is 1. The van der Waals surface area contributed by atoms with Crippen molar-refractivity contribution in [1.82, 2.24) is 4.57 Å². The summed E-state index contributed by atoms with van der Waals surface area (Å²) in [6, 6.07) is 5.83. The monoisotopic (exact) mass is 281 g/mol. The van der Waals surface area contributed by atoms with Gasteiger partial charge in [-0.25, -0.2) is 0 Å². The van der Waals surface area contributed by atoms with Crippen LogP contribution in [0.15, 0.2) is 18.2 Å². The highest BCUT2D eigenvalue weighted by molar-refractivity contribution is 6.32. The Labute approximate surface area is 118 Å². The number of rotatable bonds is 5. The molecule has 1 aromatic carbocycles. The quantitative estimate of drug-likeness (QED) is 0.893. The molecule has 0 aliphatic heterocycles. The standard InChI is InChI=1S/C15H20ClNO2/c1-4-5-9-17-14-11(7-6-8-12(14)19-3)13(10(2)18)15(17)16/h6-8,10,18H,4-5,9H2,1-3H3. The van der Waals surface area contributed by atoms with E-state index >= 15 is 0 Å². The number of fused-ring (bicyclic) bond motifs is 1. The van der Waals surface area contributed by atoms with Crippen LogP contribution in [-0.2, 0) is 6.54 Å². The van der Waals surface area contributed by atoms with Crippen molar-refractivity contribution in [3.8, 4) is 5.75 Å². The van der Waals surface area contributed by atoms with Crippen molar-refractivity contribution in [3.63, 3.8) is 0 Å². The minimum absolute atomic E-state index is 0.593. The second-order valence-electron chi connectivity index (χ2n) is 4.74. The van der Waals surface area contributed by atoms with E-state index in [1.165, 1.54) is 0 Å². The third-order valence-corrected chi connectivity index (χ3v) is 3.80. The van der Waals surface area contributed by atoms with Crippen LogP contribution in [-0.4, -0.2) is 16.8 Å². The highest BCUT2D eigenvalue weighted by Crippen LogP contribution is 2.38. The molecular formula is C15H20ClNO2. The smallest absolute Gasteiger partial charge is 0.143 e. The summed E-state index contributed by atoms with van der Waals surface area (Å²) in [6.07, 6.45) is 1.54. The number of hydrogen-bond donors (Lipinski definition) is 1. The molecule has 3 nitrogen and oxygen atoms in total. The zero-order chi connectivity index (χ0) is 14.0. The minimum atomic E-state index is -0.593. The molecule has 1 atom stereocenters. The Bertz CT molecular complexity index is 575. The Balaban J connectivity index is 2.73. The van der Waals surface area contributed by atoms with Crippen LogP contribution in [0.25, 0.3) is 10.9 Å². The number of aliphatic hydroxyl groups is 1. The van der Waals surface area contributed by atoms with Crippen LogP contribution in [0.4, 0.5) is 0 Å². The van der Waals surface area contributed by atoms with Crippen molar-refractivity contribution < 1.29 is 9.84 Å². The first kappa shape index (κ1) is 14.2. The summed E-state index contributed by atoms with van der Waals surface area (Å²) in [5.41, 5.74) is 1.76. The van der Waals surface area contributed by atoms with Gasteiger partial charge in [0.1, 0.15) is 10.9 Å². The summed E-state index contributed by atoms with van der Waals surface area (Å²) in [4.78, 5) is 0. The molecule has 19 heavy (non-hydrogen) atoms. The van der Waals surface area contributed by atoms with Gasteiger partial charge in [0, 0.05) is 17.5 Å². The third-order valence-electron chi connectivity index (χ3n) is 3.39. The number of aromatic nitrogens is 1. The number of para-hydroxylation sites is 1. The molecule has 4 heteroatoms. The molecule has 2 rings (SSSR count). The van der Waals surface area contributed by atoms with Gasteiger partial charge in [0.05, 0.1) is 18.7 Å². The second kappa shape index (κ2) is 5.85. The molecule has 104 valence electrons. The lowest BCUT2D eigenvalue weighted by atomic mass is 10.1. The zero-order valence-electron chi connectivity index (χ0n) is 11.6. The Morgan fingerprint density at radius 1 is 1.42 bits per heavy atom. The van der Waals surface area contributed by atoms with Gasteiger partial charge >= 0.3 is 0 Å². The fourth-order valence-corrected chi connectivity index (χ4v) is 2.89. The Morgan fingerprint density at radius 3 is 2.74 bits per heavy atom. The van der Waals surface area contributed by atoms with Crippen molar-refractivity contribution in [2.45, 2.75) is 39.3 Å². The van der Waals surface area contributed by atoms with E-state index in [0.717, 1.165) is 41.6 Å². The summed E-state index contributed by atoms with van der Waals surface area (Å²) in [7, 11) is 1.65. The van der Waals surface area contributed by atoms with Gasteiger partial charge in [-0.3, -0.25) is 0 Å². The molecule has 0 amide bonds. The van der Waals surface area contributed by atoms with Crippen molar-refractivity contribution in [1.29, 1.82) is 0 Å². The molecule has 0 aliphatic carbocycles. The van der Waals surface area contributed by atoms with Crippen molar-refractivity contribution >= 4 is 22.5 Å². The summed E-state index contributed by atoms with van der Waals surface area (Å²) < 4.78 is 7.48. The molecule has 0 bridgehead atoms. The molecule has 1 unspecified atom stereocenters. The average molecular weight is 282 g/mol. The third kappa shape index (κ3) is 2.45. The summed E-state index contributed by atoms with van der Waals surface area (Å²) in [6.45, 7) is 4.72. The van der Waals surface area contributed by atoms with Crippen LogP contribution in [0.5, 0.6) is 5.75 Å². The van der Waals surface area contributed by atoms with E-state index in [2.05, 4.69) is 6.92 Å². The molecule has 0 saturated carbocycles. The van der Waals surface area contributed by atoms with Crippen molar-refractivity contribution in [2.75, 3.05) is 7.11 Å². The molecular weight excluding hydrogens is 262 g/mol. The predicted octanol–water partition coefficient (Wildman–Crippen LogP) is 4.16. The Hall–Kier alpha value is -1.19. The van der Waals surface area contributed by atoms with Gasteiger partial charge in [0.2, 0.25) is 0 Å². The van der Waals surface area contributed by atoms with Crippen molar-refractivity contribution in [3.05, 3.63) is 28.9 Å². The SMILES string of the molecule is CCCCn1c(Cl)c(C(C)O)c2cccc(OC)c21. The highest BCUT2D eigenvalue weighted by Gasteiger charge is 2.21. The number of nitrogens with zero attached hydrogens (tertiary/aromatic N) is 1. The number of benzene rings is 1. The molecule has 0 radical (unpaired) electrons. The maximum absolute atomic E-state index is 9.97. The van der Waals surface area contributed by atoms with E-state index < -0.39 is 6.10 Å². The van der Waals surface area contributed by atoms with Gasteiger partial charge < -0.3 is 14.4 Å². The Kier molecular flexibility index (Phi) is 4.38. The lowest BCUT2D eigenvalue weighted by molar-refractivity contribution is 0.200. The number of unbranched alkanes of at least 4 members (excludes halogenated alkanes) is 1.